The zero-order valence-electron chi connectivity index (χ0n) is 5.44. The van der Waals surface area contributed by atoms with Gasteiger partial charge in [-0.05, 0) is 6.08 Å². The molecule has 0 spiro atoms. The fourth-order valence-electron chi connectivity index (χ4n) is 0.982. The van der Waals surface area contributed by atoms with E-state index in [1.54, 1.807) is 17.4 Å². The average Bonchev–Trinajstić information content (AvgIpc) is 2.34. The zero-order valence-corrected chi connectivity index (χ0v) is 5.44. The van der Waals surface area contributed by atoms with Gasteiger partial charge in [0.25, 0.3) is 0 Å². The summed E-state index contributed by atoms with van der Waals surface area (Å²) in [5.74, 6) is 0. The molecule has 2 aliphatic heterocycles. The molecule has 1 unspecified atom stereocenters. The first-order chi connectivity index (χ1) is 4.88. The van der Waals surface area contributed by atoms with Gasteiger partial charge in [-0.3, -0.25) is 4.99 Å². The Kier molecular flexibility index (Phi) is 0.974. The lowest BCUT2D eigenvalue weighted by Crippen LogP contribution is -2.22. The predicted octanol–water partition coefficient (Wildman–Crippen LogP) is 0.768. The molecule has 50 valence electrons. The quantitative estimate of drug-likeness (QED) is 0.479. The lowest BCUT2D eigenvalue weighted by atomic mass is 10.2. The highest BCUT2D eigenvalue weighted by molar-refractivity contribution is 5.83. The van der Waals surface area contributed by atoms with Gasteiger partial charge in [-0.15, -0.1) is 0 Å². The van der Waals surface area contributed by atoms with Crippen molar-refractivity contribution in [1.29, 1.82) is 0 Å². The zero-order chi connectivity index (χ0) is 6.97. The van der Waals surface area contributed by atoms with Gasteiger partial charge in [-0.1, -0.05) is 6.58 Å². The Morgan fingerprint density at radius 1 is 1.60 bits per heavy atom. The second-order valence-electron chi connectivity index (χ2n) is 2.21. The Bertz CT molecular complexity index is 248. The van der Waals surface area contributed by atoms with Gasteiger partial charge >= 0.3 is 0 Å². The van der Waals surface area contributed by atoms with Crippen LogP contribution in [0.5, 0.6) is 0 Å². The van der Waals surface area contributed by atoms with Crippen LogP contribution in [-0.2, 0) is 0 Å². The van der Waals surface area contributed by atoms with E-state index in [4.69, 9.17) is 0 Å². The van der Waals surface area contributed by atoms with E-state index in [0.29, 0.717) is 0 Å². The molecular formula is C7H7N3. The smallest absolute Gasteiger partial charge is 0.167 e. The third kappa shape index (κ3) is 0.603. The summed E-state index contributed by atoms with van der Waals surface area (Å²) in [6.45, 7) is 3.80. The molecule has 0 fully saturated rings. The number of fused-ring (bicyclic) bond motifs is 1. The molecule has 0 amide bonds. The second kappa shape index (κ2) is 1.80. The number of allylic oxidation sites excluding steroid dienone is 1. The SMILES string of the molecule is C=C1C=NN2C=CC=NC12. The molecule has 0 aromatic rings. The molecule has 1 atom stereocenters. The minimum Gasteiger partial charge on any atom is -0.262 e. The third-order valence-electron chi connectivity index (χ3n) is 1.49. The van der Waals surface area contributed by atoms with Crippen LogP contribution in [0, 0.1) is 0 Å². The lowest BCUT2D eigenvalue weighted by molar-refractivity contribution is 0.357. The Hall–Kier alpha value is -1.38. The van der Waals surface area contributed by atoms with Crippen LogP contribution in [0.3, 0.4) is 0 Å². The van der Waals surface area contributed by atoms with E-state index in [1.807, 2.05) is 12.3 Å². The van der Waals surface area contributed by atoms with Gasteiger partial charge in [0, 0.05) is 18.0 Å². The Labute approximate surface area is 59.1 Å². The number of nitrogens with zero attached hydrogens (tertiary/aromatic N) is 3. The van der Waals surface area contributed by atoms with Gasteiger partial charge in [0.05, 0.1) is 6.21 Å². The van der Waals surface area contributed by atoms with Gasteiger partial charge in [0.1, 0.15) is 0 Å². The van der Waals surface area contributed by atoms with Crippen molar-refractivity contribution < 1.29 is 0 Å². The molecule has 3 heteroatoms. The van der Waals surface area contributed by atoms with E-state index in [1.165, 1.54) is 0 Å². The Balaban J connectivity index is 2.34. The maximum absolute atomic E-state index is 4.16. The molecule has 2 aliphatic rings. The summed E-state index contributed by atoms with van der Waals surface area (Å²) in [6.07, 6.45) is 7.27. The van der Waals surface area contributed by atoms with Crippen molar-refractivity contribution in [3.63, 3.8) is 0 Å². The fourth-order valence-corrected chi connectivity index (χ4v) is 0.982. The molecule has 2 rings (SSSR count). The van der Waals surface area contributed by atoms with E-state index in [0.717, 1.165) is 5.57 Å². The minimum absolute atomic E-state index is 0.0324. The van der Waals surface area contributed by atoms with Crippen molar-refractivity contribution in [3.05, 3.63) is 24.4 Å². The van der Waals surface area contributed by atoms with E-state index in [9.17, 15) is 0 Å². The van der Waals surface area contributed by atoms with Crippen molar-refractivity contribution >= 4 is 12.4 Å². The molecule has 0 saturated heterocycles. The van der Waals surface area contributed by atoms with Gasteiger partial charge in [0.15, 0.2) is 6.17 Å². The highest BCUT2D eigenvalue weighted by Crippen LogP contribution is 2.18. The molecule has 10 heavy (non-hydrogen) atoms. The summed E-state index contributed by atoms with van der Waals surface area (Å²) in [7, 11) is 0. The van der Waals surface area contributed by atoms with Gasteiger partial charge in [-0.25, -0.2) is 5.01 Å². The van der Waals surface area contributed by atoms with Gasteiger partial charge in [0.2, 0.25) is 0 Å². The maximum Gasteiger partial charge on any atom is 0.167 e. The molecule has 0 aromatic carbocycles. The first-order valence-electron chi connectivity index (χ1n) is 3.09. The normalized spacial score (nSPS) is 27.8. The summed E-state index contributed by atoms with van der Waals surface area (Å²) in [6, 6.07) is 0. The van der Waals surface area contributed by atoms with Crippen molar-refractivity contribution in [2.45, 2.75) is 6.17 Å². The van der Waals surface area contributed by atoms with Crippen LogP contribution in [0.2, 0.25) is 0 Å². The van der Waals surface area contributed by atoms with Crippen LogP contribution in [0.1, 0.15) is 0 Å². The molecule has 0 saturated carbocycles. The minimum atomic E-state index is 0.0324. The monoisotopic (exact) mass is 133 g/mol. The molecule has 0 aliphatic carbocycles. The number of hydrazone groups is 1. The van der Waals surface area contributed by atoms with Crippen LogP contribution < -0.4 is 0 Å². The van der Waals surface area contributed by atoms with Gasteiger partial charge < -0.3 is 0 Å². The van der Waals surface area contributed by atoms with E-state index < -0.39 is 0 Å². The van der Waals surface area contributed by atoms with Crippen LogP contribution in [0.25, 0.3) is 0 Å². The number of hydrogen-bond donors (Lipinski definition) is 0. The largest absolute Gasteiger partial charge is 0.262 e. The summed E-state index contributed by atoms with van der Waals surface area (Å²) >= 11 is 0. The topological polar surface area (TPSA) is 28.0 Å². The van der Waals surface area contributed by atoms with Crippen molar-refractivity contribution in [3.8, 4) is 0 Å². The first-order valence-corrected chi connectivity index (χ1v) is 3.09. The van der Waals surface area contributed by atoms with E-state index in [-0.39, 0.29) is 6.17 Å². The van der Waals surface area contributed by atoms with Crippen LogP contribution in [0.15, 0.2) is 34.5 Å². The van der Waals surface area contributed by atoms with Crippen LogP contribution in [-0.4, -0.2) is 23.6 Å². The van der Waals surface area contributed by atoms with Crippen molar-refractivity contribution in [2.24, 2.45) is 10.1 Å². The first kappa shape index (κ1) is 5.41. The highest BCUT2D eigenvalue weighted by atomic mass is 15.5. The van der Waals surface area contributed by atoms with Crippen molar-refractivity contribution in [2.75, 3.05) is 0 Å². The van der Waals surface area contributed by atoms with Gasteiger partial charge in [-0.2, -0.15) is 5.10 Å². The standard InChI is InChI=1S/C7H7N3/c1-6-5-9-10-4-2-3-8-7(6)10/h2-5,7H,1H2. The highest BCUT2D eigenvalue weighted by Gasteiger charge is 2.21. The molecule has 0 bridgehead atoms. The Morgan fingerprint density at radius 3 is 3.30 bits per heavy atom. The summed E-state index contributed by atoms with van der Waals surface area (Å²) in [5.41, 5.74) is 0.945. The average molecular weight is 133 g/mol. The second-order valence-corrected chi connectivity index (χ2v) is 2.21. The fraction of sp³-hybridized carbons (Fsp3) is 0.143. The summed E-state index contributed by atoms with van der Waals surface area (Å²) in [5, 5.41) is 5.83. The molecule has 0 radical (unpaired) electrons. The summed E-state index contributed by atoms with van der Waals surface area (Å²) in [4.78, 5) is 4.16. The number of aliphatic imine (C=N–C) groups is 1. The lowest BCUT2D eigenvalue weighted by Gasteiger charge is -2.17. The molecular weight excluding hydrogens is 126 g/mol. The third-order valence-corrected chi connectivity index (χ3v) is 1.49. The van der Waals surface area contributed by atoms with Crippen molar-refractivity contribution in [1.82, 2.24) is 5.01 Å². The maximum atomic E-state index is 4.16. The number of hydrogen-bond acceptors (Lipinski definition) is 3. The number of rotatable bonds is 0. The molecule has 2 heterocycles. The van der Waals surface area contributed by atoms with E-state index >= 15 is 0 Å². The summed E-state index contributed by atoms with van der Waals surface area (Å²) < 4.78 is 0. The van der Waals surface area contributed by atoms with E-state index in [2.05, 4.69) is 16.7 Å². The molecule has 0 N–H and O–H groups in total. The van der Waals surface area contributed by atoms with Crippen LogP contribution in [0.4, 0.5) is 0 Å². The van der Waals surface area contributed by atoms with Crippen LogP contribution >= 0.6 is 0 Å². The Morgan fingerprint density at radius 2 is 2.50 bits per heavy atom. The predicted molar refractivity (Wildman–Crippen MR) is 40.9 cm³/mol. The molecule has 0 aromatic heterocycles. The molecule has 3 nitrogen and oxygen atoms in total.